The van der Waals surface area contributed by atoms with Crippen molar-refractivity contribution < 1.29 is 14.3 Å². The van der Waals surface area contributed by atoms with E-state index >= 15 is 0 Å². The second kappa shape index (κ2) is 9.57. The largest absolute Gasteiger partial charge is 0.489 e. The van der Waals surface area contributed by atoms with Crippen molar-refractivity contribution in [3.05, 3.63) is 101 Å². The molecule has 5 heteroatoms. The zero-order valence-electron chi connectivity index (χ0n) is 19.2. The fraction of sp³-hybridized carbons (Fsp3) is 0.138. The maximum atomic E-state index is 12.4. The van der Waals surface area contributed by atoms with Gasteiger partial charge in [-0.25, -0.2) is 4.79 Å². The zero-order valence-corrected chi connectivity index (χ0v) is 20.0. The molecule has 0 aliphatic carbocycles. The minimum absolute atomic E-state index is 0.274. The average molecular weight is 468 g/mol. The minimum atomic E-state index is -0.274. The first-order valence-corrected chi connectivity index (χ1v) is 12.1. The molecule has 170 valence electrons. The van der Waals surface area contributed by atoms with Gasteiger partial charge in [0.15, 0.2) is 0 Å². The van der Waals surface area contributed by atoms with Crippen molar-refractivity contribution in [2.45, 2.75) is 13.5 Å². The molecule has 0 saturated heterocycles. The van der Waals surface area contributed by atoms with Crippen molar-refractivity contribution in [1.82, 2.24) is 4.57 Å². The average Bonchev–Trinajstić information content (AvgIpc) is 3.43. The van der Waals surface area contributed by atoms with Gasteiger partial charge in [0, 0.05) is 12.6 Å². The van der Waals surface area contributed by atoms with Gasteiger partial charge >= 0.3 is 5.97 Å². The van der Waals surface area contributed by atoms with E-state index in [1.165, 1.54) is 11.3 Å². The molecule has 0 aliphatic rings. The number of hydrogen-bond acceptors (Lipinski definition) is 4. The summed E-state index contributed by atoms with van der Waals surface area (Å²) in [4.78, 5) is 13.0. The zero-order chi connectivity index (χ0) is 23.5. The van der Waals surface area contributed by atoms with Crippen LogP contribution in [0.4, 0.5) is 0 Å². The minimum Gasteiger partial charge on any atom is -0.489 e. The van der Waals surface area contributed by atoms with Crippen LogP contribution in [0.25, 0.3) is 32.6 Å². The van der Waals surface area contributed by atoms with Gasteiger partial charge in [-0.05, 0) is 53.9 Å². The molecule has 0 atom stereocenters. The predicted octanol–water partition coefficient (Wildman–Crippen LogP) is 7.33. The van der Waals surface area contributed by atoms with Crippen molar-refractivity contribution in [2.75, 3.05) is 6.61 Å². The van der Waals surface area contributed by atoms with E-state index in [4.69, 9.17) is 9.47 Å². The Morgan fingerprint density at radius 2 is 1.56 bits per heavy atom. The summed E-state index contributed by atoms with van der Waals surface area (Å²) in [6.45, 7) is 2.72. The van der Waals surface area contributed by atoms with E-state index in [1.54, 1.807) is 0 Å². The van der Waals surface area contributed by atoms with E-state index in [0.717, 1.165) is 43.9 Å². The molecule has 2 heterocycles. The lowest BCUT2D eigenvalue weighted by Crippen LogP contribution is -2.02. The molecule has 0 radical (unpaired) electrons. The van der Waals surface area contributed by atoms with E-state index < -0.39 is 0 Å². The van der Waals surface area contributed by atoms with Crippen LogP contribution in [0, 0.1) is 0 Å². The number of benzene rings is 3. The van der Waals surface area contributed by atoms with E-state index in [2.05, 4.69) is 41.0 Å². The van der Waals surface area contributed by atoms with Crippen LogP contribution < -0.4 is 4.74 Å². The van der Waals surface area contributed by atoms with Crippen LogP contribution in [-0.4, -0.2) is 17.1 Å². The summed E-state index contributed by atoms with van der Waals surface area (Å²) in [5.41, 5.74) is 6.60. The number of aromatic nitrogens is 1. The van der Waals surface area contributed by atoms with Crippen LogP contribution in [0.5, 0.6) is 5.75 Å². The first-order valence-electron chi connectivity index (χ1n) is 11.3. The highest BCUT2D eigenvalue weighted by Gasteiger charge is 2.23. The Morgan fingerprint density at radius 1 is 0.882 bits per heavy atom. The molecule has 5 rings (SSSR count). The fourth-order valence-corrected chi connectivity index (χ4v) is 5.32. The molecule has 4 nitrogen and oxygen atoms in total. The normalized spacial score (nSPS) is 11.0. The van der Waals surface area contributed by atoms with Crippen LogP contribution in [0.1, 0.15) is 22.2 Å². The lowest BCUT2D eigenvalue weighted by Gasteiger charge is -2.11. The third-order valence-corrected chi connectivity index (χ3v) is 6.91. The third-order valence-electron chi connectivity index (χ3n) is 5.79. The number of nitrogens with zero attached hydrogens (tertiary/aromatic N) is 1. The summed E-state index contributed by atoms with van der Waals surface area (Å²) < 4.78 is 14.5. The SMILES string of the molecule is CCOC(=O)c1cc2c(s1)c(-c1ccccc1)c(-c1ccc(OCc3ccccc3)cc1)n2C. The van der Waals surface area contributed by atoms with Crippen LogP contribution in [0.2, 0.25) is 0 Å². The van der Waals surface area contributed by atoms with Crippen molar-refractivity contribution in [2.24, 2.45) is 7.05 Å². The quantitative estimate of drug-likeness (QED) is 0.235. The summed E-state index contributed by atoms with van der Waals surface area (Å²) >= 11 is 1.49. The Morgan fingerprint density at radius 3 is 2.24 bits per heavy atom. The molecule has 0 fully saturated rings. The summed E-state index contributed by atoms with van der Waals surface area (Å²) in [5.74, 6) is 0.554. The van der Waals surface area contributed by atoms with Gasteiger partial charge in [0.25, 0.3) is 0 Å². The Balaban J connectivity index is 1.54. The number of fused-ring (bicyclic) bond motifs is 1. The lowest BCUT2D eigenvalue weighted by molar-refractivity contribution is 0.0532. The summed E-state index contributed by atoms with van der Waals surface area (Å²) in [6, 6.07) is 30.6. The lowest BCUT2D eigenvalue weighted by atomic mass is 10.0. The molecule has 0 saturated carbocycles. The maximum Gasteiger partial charge on any atom is 0.348 e. The highest BCUT2D eigenvalue weighted by Crippen LogP contribution is 2.44. The molecule has 34 heavy (non-hydrogen) atoms. The van der Waals surface area contributed by atoms with Crippen LogP contribution in [0.3, 0.4) is 0 Å². The number of carbonyl (C=O) groups is 1. The Labute approximate surface area is 203 Å². The summed E-state index contributed by atoms with van der Waals surface area (Å²) in [6.07, 6.45) is 0. The molecule has 5 aromatic rings. The second-order valence-electron chi connectivity index (χ2n) is 7.99. The number of carbonyl (C=O) groups excluding carboxylic acids is 1. The van der Waals surface area contributed by atoms with E-state index in [9.17, 15) is 4.79 Å². The molecular formula is C29H25NO3S. The molecule has 0 N–H and O–H groups in total. The highest BCUT2D eigenvalue weighted by molar-refractivity contribution is 7.21. The molecule has 3 aromatic carbocycles. The van der Waals surface area contributed by atoms with E-state index in [-0.39, 0.29) is 5.97 Å². The van der Waals surface area contributed by atoms with E-state index in [1.807, 2.05) is 68.6 Å². The fourth-order valence-electron chi connectivity index (χ4n) is 4.17. The van der Waals surface area contributed by atoms with E-state index in [0.29, 0.717) is 18.1 Å². The van der Waals surface area contributed by atoms with Crippen LogP contribution in [-0.2, 0) is 18.4 Å². The molecule has 2 aromatic heterocycles. The predicted molar refractivity (Wildman–Crippen MR) is 138 cm³/mol. The van der Waals surface area contributed by atoms with Gasteiger partial charge in [0.1, 0.15) is 17.2 Å². The first-order chi connectivity index (χ1) is 16.7. The molecule has 0 spiro atoms. The van der Waals surface area contributed by atoms with Crippen molar-refractivity contribution >= 4 is 27.5 Å². The third kappa shape index (κ3) is 4.22. The Kier molecular flexibility index (Phi) is 6.19. The summed E-state index contributed by atoms with van der Waals surface area (Å²) in [7, 11) is 2.05. The maximum absolute atomic E-state index is 12.4. The van der Waals surface area contributed by atoms with Crippen molar-refractivity contribution in [3.8, 4) is 28.1 Å². The standard InChI is InChI=1S/C29H25NO3S/c1-3-32-29(31)25-18-24-28(34-25)26(21-12-8-5-9-13-21)27(30(24)2)22-14-16-23(17-15-22)33-19-20-10-6-4-7-11-20/h4-18H,3,19H2,1-2H3. The number of aryl methyl sites for hydroxylation is 1. The van der Waals surface area contributed by atoms with Gasteiger partial charge in [0.05, 0.1) is 22.5 Å². The van der Waals surface area contributed by atoms with Gasteiger partial charge in [-0.1, -0.05) is 60.7 Å². The van der Waals surface area contributed by atoms with Crippen molar-refractivity contribution in [1.29, 1.82) is 0 Å². The Hall–Kier alpha value is -3.83. The second-order valence-corrected chi connectivity index (χ2v) is 9.04. The highest BCUT2D eigenvalue weighted by atomic mass is 32.1. The van der Waals surface area contributed by atoms with Gasteiger partial charge < -0.3 is 14.0 Å². The summed E-state index contributed by atoms with van der Waals surface area (Å²) in [5, 5.41) is 0. The number of ether oxygens (including phenoxy) is 2. The molecule has 0 amide bonds. The van der Waals surface area contributed by atoms with Gasteiger partial charge in [-0.15, -0.1) is 11.3 Å². The molecular weight excluding hydrogens is 442 g/mol. The monoisotopic (exact) mass is 467 g/mol. The van der Waals surface area contributed by atoms with Crippen molar-refractivity contribution in [3.63, 3.8) is 0 Å². The van der Waals surface area contributed by atoms with Gasteiger partial charge in [-0.3, -0.25) is 0 Å². The van der Waals surface area contributed by atoms with Gasteiger partial charge in [0.2, 0.25) is 0 Å². The van der Waals surface area contributed by atoms with Crippen LogP contribution in [0.15, 0.2) is 91.0 Å². The smallest absolute Gasteiger partial charge is 0.348 e. The number of esters is 1. The topological polar surface area (TPSA) is 40.5 Å². The number of hydrogen-bond donors (Lipinski definition) is 0. The van der Waals surface area contributed by atoms with Gasteiger partial charge in [-0.2, -0.15) is 0 Å². The first kappa shape index (κ1) is 22.0. The Bertz CT molecular complexity index is 1420. The number of thiophene rings is 1. The number of rotatable bonds is 7. The van der Waals surface area contributed by atoms with Crippen LogP contribution >= 0.6 is 11.3 Å². The molecule has 0 aliphatic heterocycles. The molecule has 0 unspecified atom stereocenters. The molecule has 0 bridgehead atoms.